The molecule has 10 heteroatoms. The summed E-state index contributed by atoms with van der Waals surface area (Å²) in [4.78, 5) is 45.9. The molecule has 1 aromatic heterocycles. The molecule has 0 spiro atoms. The van der Waals surface area contributed by atoms with E-state index in [-0.39, 0.29) is 49.1 Å². The van der Waals surface area contributed by atoms with E-state index < -0.39 is 17.7 Å². The molecule has 9 nitrogen and oxygen atoms in total. The zero-order chi connectivity index (χ0) is 24.5. The Bertz CT molecular complexity index is 829. The lowest BCUT2D eigenvalue weighted by Crippen LogP contribution is -2.38. The molecule has 2 rings (SSSR count). The second-order valence-electron chi connectivity index (χ2n) is 9.05. The van der Waals surface area contributed by atoms with Crippen LogP contribution in [0.2, 0.25) is 0 Å². The number of carbonyl (C=O) groups excluding carboxylic acids is 3. The van der Waals surface area contributed by atoms with Gasteiger partial charge in [-0.1, -0.05) is 32.6 Å². The van der Waals surface area contributed by atoms with Gasteiger partial charge < -0.3 is 10.2 Å². The van der Waals surface area contributed by atoms with Gasteiger partial charge in [0.05, 0.1) is 30.4 Å². The SMILES string of the molecule is CC[C@H](Cc1nc(C)nc(CNC(=O)[C@H](CC2CCCC2)CN(O)C=O)c1F)C(=O)N(C)C. The first-order valence-electron chi connectivity index (χ1n) is 11.6. The zero-order valence-electron chi connectivity index (χ0n) is 20.0. The standard InChI is InChI=1S/C23H36FN5O4/c1-5-17(23(32)28(3)4)11-19-21(24)20(27-15(2)26-19)12-25-22(31)18(13-29(33)14-30)10-16-8-6-7-9-16/h14,16-18,33H,5-13H2,1-4H3,(H,25,31)/t17-,18-/m1/s1. The van der Waals surface area contributed by atoms with Gasteiger partial charge >= 0.3 is 0 Å². The summed E-state index contributed by atoms with van der Waals surface area (Å²) < 4.78 is 15.2. The van der Waals surface area contributed by atoms with Crippen LogP contribution in [0.25, 0.3) is 0 Å². The highest BCUT2D eigenvalue weighted by molar-refractivity contribution is 5.79. The van der Waals surface area contributed by atoms with Crippen molar-refractivity contribution in [3.8, 4) is 0 Å². The van der Waals surface area contributed by atoms with Crippen LogP contribution in [-0.2, 0) is 27.3 Å². The molecule has 1 aliphatic rings. The van der Waals surface area contributed by atoms with Crippen LogP contribution in [0, 0.1) is 30.5 Å². The van der Waals surface area contributed by atoms with Crippen molar-refractivity contribution in [2.45, 2.75) is 65.3 Å². The Morgan fingerprint density at radius 3 is 2.42 bits per heavy atom. The number of hydroxylamine groups is 2. The van der Waals surface area contributed by atoms with Crippen LogP contribution in [0.4, 0.5) is 4.39 Å². The Morgan fingerprint density at radius 1 is 1.21 bits per heavy atom. The number of nitrogens with one attached hydrogen (secondary N) is 1. The Morgan fingerprint density at radius 2 is 1.85 bits per heavy atom. The third-order valence-corrected chi connectivity index (χ3v) is 6.25. The minimum atomic E-state index is -0.630. The molecular formula is C23H36FN5O4. The first-order chi connectivity index (χ1) is 15.7. The Labute approximate surface area is 194 Å². The van der Waals surface area contributed by atoms with Crippen LogP contribution in [-0.4, -0.2) is 64.0 Å². The molecule has 1 aliphatic carbocycles. The quantitative estimate of drug-likeness (QED) is 0.278. The number of nitrogens with zero attached hydrogens (tertiary/aromatic N) is 4. The van der Waals surface area contributed by atoms with Crippen LogP contribution in [0.3, 0.4) is 0 Å². The van der Waals surface area contributed by atoms with Crippen LogP contribution in [0.1, 0.15) is 62.7 Å². The molecule has 1 fully saturated rings. The number of rotatable bonds is 12. The molecule has 0 radical (unpaired) electrons. The minimum absolute atomic E-state index is 0.0499. The monoisotopic (exact) mass is 465 g/mol. The zero-order valence-corrected chi connectivity index (χ0v) is 20.0. The van der Waals surface area contributed by atoms with E-state index in [2.05, 4.69) is 15.3 Å². The summed E-state index contributed by atoms with van der Waals surface area (Å²) in [6, 6.07) is 0. The van der Waals surface area contributed by atoms with Crippen molar-refractivity contribution in [1.29, 1.82) is 0 Å². The minimum Gasteiger partial charge on any atom is -0.350 e. The maximum Gasteiger partial charge on any atom is 0.233 e. The number of hydrogen-bond donors (Lipinski definition) is 2. The highest BCUT2D eigenvalue weighted by Crippen LogP contribution is 2.30. The summed E-state index contributed by atoms with van der Waals surface area (Å²) in [7, 11) is 3.32. The molecule has 1 aromatic rings. The van der Waals surface area contributed by atoms with Gasteiger partial charge in [-0.3, -0.25) is 19.6 Å². The maximum absolute atomic E-state index is 15.2. The van der Waals surface area contributed by atoms with E-state index in [1.54, 1.807) is 21.0 Å². The van der Waals surface area contributed by atoms with Gasteiger partial charge in [0.2, 0.25) is 18.2 Å². The summed E-state index contributed by atoms with van der Waals surface area (Å²) >= 11 is 0. The van der Waals surface area contributed by atoms with E-state index in [9.17, 15) is 19.6 Å². The largest absolute Gasteiger partial charge is 0.350 e. The molecule has 0 unspecified atom stereocenters. The molecular weight excluding hydrogens is 429 g/mol. The fraction of sp³-hybridized carbons (Fsp3) is 0.696. The lowest BCUT2D eigenvalue weighted by Gasteiger charge is -2.22. The van der Waals surface area contributed by atoms with Crippen molar-refractivity contribution in [2.75, 3.05) is 20.6 Å². The van der Waals surface area contributed by atoms with Gasteiger partial charge in [0.1, 0.15) is 5.82 Å². The Balaban J connectivity index is 2.12. The summed E-state index contributed by atoms with van der Waals surface area (Å²) in [6.45, 7) is 3.24. The van der Waals surface area contributed by atoms with Crippen LogP contribution in [0.15, 0.2) is 0 Å². The first-order valence-corrected chi connectivity index (χ1v) is 11.6. The smallest absolute Gasteiger partial charge is 0.233 e. The molecule has 0 saturated heterocycles. The number of aryl methyl sites for hydroxylation is 1. The van der Waals surface area contributed by atoms with Crippen molar-refractivity contribution in [2.24, 2.45) is 17.8 Å². The fourth-order valence-electron chi connectivity index (χ4n) is 4.43. The molecule has 0 bridgehead atoms. The van der Waals surface area contributed by atoms with E-state index in [1.165, 1.54) is 4.90 Å². The molecule has 3 amide bonds. The molecule has 2 N–H and O–H groups in total. The average molecular weight is 466 g/mol. The van der Waals surface area contributed by atoms with Crippen molar-refractivity contribution in [3.63, 3.8) is 0 Å². The second kappa shape index (κ2) is 12.6. The Hall–Kier alpha value is -2.62. The molecule has 1 heterocycles. The van der Waals surface area contributed by atoms with Crippen molar-refractivity contribution >= 4 is 18.2 Å². The van der Waals surface area contributed by atoms with E-state index in [4.69, 9.17) is 0 Å². The third kappa shape index (κ3) is 7.73. The van der Waals surface area contributed by atoms with Crippen LogP contribution < -0.4 is 5.32 Å². The van der Waals surface area contributed by atoms with Gasteiger partial charge in [0.15, 0.2) is 5.82 Å². The van der Waals surface area contributed by atoms with E-state index in [0.717, 1.165) is 25.7 Å². The van der Waals surface area contributed by atoms with Crippen LogP contribution >= 0.6 is 0 Å². The number of hydrogen-bond acceptors (Lipinski definition) is 6. The summed E-state index contributed by atoms with van der Waals surface area (Å²) in [5.74, 6) is -1.37. The third-order valence-electron chi connectivity index (χ3n) is 6.25. The van der Waals surface area contributed by atoms with Crippen LogP contribution in [0.5, 0.6) is 0 Å². The fourth-order valence-corrected chi connectivity index (χ4v) is 4.43. The highest BCUT2D eigenvalue weighted by Gasteiger charge is 2.28. The van der Waals surface area contributed by atoms with Crippen molar-refractivity contribution in [3.05, 3.63) is 23.0 Å². The lowest BCUT2D eigenvalue weighted by molar-refractivity contribution is -0.155. The molecule has 0 aliphatic heterocycles. The van der Waals surface area contributed by atoms with Gasteiger partial charge in [-0.15, -0.1) is 0 Å². The summed E-state index contributed by atoms with van der Waals surface area (Å²) in [5, 5.41) is 12.8. The Kier molecular flexibility index (Phi) is 10.1. The van der Waals surface area contributed by atoms with Gasteiger partial charge in [-0.2, -0.15) is 0 Å². The van der Waals surface area contributed by atoms with Crippen molar-refractivity contribution in [1.82, 2.24) is 25.2 Å². The number of carbonyl (C=O) groups is 3. The van der Waals surface area contributed by atoms with E-state index in [1.807, 2.05) is 6.92 Å². The predicted molar refractivity (Wildman–Crippen MR) is 119 cm³/mol. The predicted octanol–water partition coefficient (Wildman–Crippen LogP) is 2.24. The molecule has 1 saturated carbocycles. The van der Waals surface area contributed by atoms with Gasteiger partial charge in [-0.25, -0.2) is 19.4 Å². The lowest BCUT2D eigenvalue weighted by atomic mass is 9.92. The summed E-state index contributed by atoms with van der Waals surface area (Å²) in [5.41, 5.74) is 0.202. The van der Waals surface area contributed by atoms with Crippen molar-refractivity contribution < 1.29 is 24.0 Å². The number of aromatic nitrogens is 2. The molecule has 184 valence electrons. The second-order valence-corrected chi connectivity index (χ2v) is 9.05. The normalized spacial score (nSPS) is 15.7. The highest BCUT2D eigenvalue weighted by atomic mass is 19.1. The van der Waals surface area contributed by atoms with E-state index in [0.29, 0.717) is 29.6 Å². The van der Waals surface area contributed by atoms with E-state index >= 15 is 4.39 Å². The average Bonchev–Trinajstić information content (AvgIpc) is 3.30. The number of amides is 3. The molecule has 2 atom stereocenters. The number of halogens is 1. The molecule has 0 aromatic carbocycles. The van der Waals surface area contributed by atoms with Gasteiger partial charge in [0.25, 0.3) is 0 Å². The first kappa shape index (κ1) is 26.6. The van der Waals surface area contributed by atoms with Gasteiger partial charge in [0, 0.05) is 26.4 Å². The maximum atomic E-state index is 15.2. The molecule has 33 heavy (non-hydrogen) atoms. The van der Waals surface area contributed by atoms with Gasteiger partial charge in [-0.05, 0) is 25.7 Å². The topological polar surface area (TPSA) is 116 Å². The summed E-state index contributed by atoms with van der Waals surface area (Å²) in [6.07, 6.45) is 5.77.